The van der Waals surface area contributed by atoms with Gasteiger partial charge in [-0.15, -0.1) is 0 Å². The van der Waals surface area contributed by atoms with Gasteiger partial charge in [-0.25, -0.2) is 0 Å². The summed E-state index contributed by atoms with van der Waals surface area (Å²) in [6, 6.07) is 0. The minimum absolute atomic E-state index is 0.0347. The van der Waals surface area contributed by atoms with Crippen molar-refractivity contribution in [3.05, 3.63) is 0 Å². The van der Waals surface area contributed by atoms with Crippen LogP contribution in [0.4, 0.5) is 0 Å². The van der Waals surface area contributed by atoms with Gasteiger partial charge in [0, 0.05) is 17.9 Å². The molecule has 3 atom stereocenters. The number of ether oxygens (including phenoxy) is 1. The van der Waals surface area contributed by atoms with Crippen molar-refractivity contribution in [2.45, 2.75) is 44.3 Å². The number of hydrogen-bond donors (Lipinski definition) is 1. The zero-order valence-corrected chi connectivity index (χ0v) is 7.33. The van der Waals surface area contributed by atoms with E-state index in [1.165, 1.54) is 25.7 Å². The zero-order chi connectivity index (χ0) is 8.18. The molecule has 2 saturated carbocycles. The molecule has 0 amide bonds. The number of aliphatic hydroxyl groups excluding tert-OH is 1. The van der Waals surface area contributed by atoms with Crippen LogP contribution in [0.2, 0.25) is 0 Å². The Bertz CT molecular complexity index is 196. The van der Waals surface area contributed by atoms with Crippen molar-refractivity contribution < 1.29 is 9.84 Å². The van der Waals surface area contributed by atoms with E-state index in [0.29, 0.717) is 12.0 Å². The van der Waals surface area contributed by atoms with Crippen LogP contribution in [0.3, 0.4) is 0 Å². The highest BCUT2D eigenvalue weighted by molar-refractivity contribution is 5.13. The Labute approximate surface area is 72.9 Å². The van der Waals surface area contributed by atoms with Gasteiger partial charge in [0.05, 0.1) is 12.2 Å². The van der Waals surface area contributed by atoms with Gasteiger partial charge >= 0.3 is 0 Å². The average molecular weight is 168 g/mol. The molecule has 3 aliphatic rings. The summed E-state index contributed by atoms with van der Waals surface area (Å²) in [5.41, 5.74) is 0.209. The first-order valence-corrected chi connectivity index (χ1v) is 5.14. The van der Waals surface area contributed by atoms with Gasteiger partial charge in [0.2, 0.25) is 0 Å². The molecule has 12 heavy (non-hydrogen) atoms. The summed E-state index contributed by atoms with van der Waals surface area (Å²) in [5, 5.41) is 9.99. The fraction of sp³-hybridized carbons (Fsp3) is 1.00. The third-order valence-corrected chi connectivity index (χ3v) is 4.23. The summed E-state index contributed by atoms with van der Waals surface area (Å²) < 4.78 is 5.70. The van der Waals surface area contributed by atoms with E-state index in [1.807, 2.05) is 0 Å². The summed E-state index contributed by atoms with van der Waals surface area (Å²) in [6.07, 6.45) is 6.48. The molecular weight excluding hydrogens is 152 g/mol. The number of rotatable bonds is 0. The smallest absolute Gasteiger partial charge is 0.0709 e. The lowest BCUT2D eigenvalue weighted by atomic mass is 9.56. The molecule has 3 fully saturated rings. The highest BCUT2D eigenvalue weighted by Crippen LogP contribution is 2.60. The van der Waals surface area contributed by atoms with Crippen molar-refractivity contribution in [2.24, 2.45) is 11.3 Å². The van der Waals surface area contributed by atoms with Gasteiger partial charge < -0.3 is 9.84 Å². The molecule has 0 radical (unpaired) electrons. The molecule has 68 valence electrons. The minimum atomic E-state index is -0.0347. The van der Waals surface area contributed by atoms with Gasteiger partial charge in [-0.05, 0) is 19.3 Å². The Morgan fingerprint density at radius 2 is 2.00 bits per heavy atom. The van der Waals surface area contributed by atoms with E-state index in [4.69, 9.17) is 4.74 Å². The summed E-state index contributed by atoms with van der Waals surface area (Å²) in [4.78, 5) is 0. The van der Waals surface area contributed by atoms with E-state index in [9.17, 15) is 5.11 Å². The van der Waals surface area contributed by atoms with Crippen LogP contribution < -0.4 is 0 Å². The molecule has 1 N–H and O–H groups in total. The second kappa shape index (κ2) is 2.24. The molecule has 3 rings (SSSR count). The molecule has 1 saturated heterocycles. The van der Waals surface area contributed by atoms with E-state index in [-0.39, 0.29) is 11.5 Å². The van der Waals surface area contributed by atoms with E-state index in [1.54, 1.807) is 0 Å². The second-order valence-electron chi connectivity index (χ2n) is 4.63. The quantitative estimate of drug-likeness (QED) is 0.591. The largest absolute Gasteiger partial charge is 0.392 e. The molecule has 0 aromatic heterocycles. The number of aliphatic hydroxyl groups is 1. The van der Waals surface area contributed by atoms with Crippen molar-refractivity contribution in [3.8, 4) is 0 Å². The van der Waals surface area contributed by atoms with Crippen LogP contribution in [0.25, 0.3) is 0 Å². The fourth-order valence-electron chi connectivity index (χ4n) is 3.61. The second-order valence-corrected chi connectivity index (χ2v) is 4.63. The Kier molecular flexibility index (Phi) is 1.37. The van der Waals surface area contributed by atoms with Gasteiger partial charge in [-0.1, -0.05) is 12.8 Å². The summed E-state index contributed by atoms with van der Waals surface area (Å²) in [6.45, 7) is 0.883. The topological polar surface area (TPSA) is 29.5 Å². The first-order chi connectivity index (χ1) is 5.84. The maximum atomic E-state index is 9.99. The normalized spacial score (nSPS) is 49.2. The van der Waals surface area contributed by atoms with Gasteiger partial charge in [0.15, 0.2) is 0 Å². The first kappa shape index (κ1) is 7.34. The van der Waals surface area contributed by atoms with Crippen LogP contribution in [0.5, 0.6) is 0 Å². The third kappa shape index (κ3) is 0.647. The van der Waals surface area contributed by atoms with Gasteiger partial charge in [-0.2, -0.15) is 0 Å². The molecule has 1 aliphatic heterocycles. The predicted octanol–water partition coefficient (Wildman–Crippen LogP) is 1.33. The summed E-state index contributed by atoms with van der Waals surface area (Å²) in [5.74, 6) is 0.489. The highest BCUT2D eigenvalue weighted by Gasteiger charge is 2.64. The van der Waals surface area contributed by atoms with Crippen LogP contribution in [-0.2, 0) is 4.74 Å². The van der Waals surface area contributed by atoms with E-state index in [2.05, 4.69) is 0 Å². The van der Waals surface area contributed by atoms with Crippen molar-refractivity contribution in [3.63, 3.8) is 0 Å². The van der Waals surface area contributed by atoms with Crippen LogP contribution in [0, 0.1) is 11.3 Å². The van der Waals surface area contributed by atoms with E-state index >= 15 is 0 Å². The zero-order valence-electron chi connectivity index (χ0n) is 7.33. The molecular formula is C10H16O2. The standard InChI is InChI=1S/C10H16O2/c11-8-7-3-6-12-9(7)10(8)4-1-2-5-10/h7-9,11H,1-6H2/t7-,8+,9-/m0/s1. The lowest BCUT2D eigenvalue weighted by Crippen LogP contribution is -2.61. The van der Waals surface area contributed by atoms with Crippen LogP contribution in [0.1, 0.15) is 32.1 Å². The molecule has 0 aromatic rings. The number of fused-ring (bicyclic) bond motifs is 2. The van der Waals surface area contributed by atoms with Crippen molar-refractivity contribution in [2.75, 3.05) is 6.61 Å². The predicted molar refractivity (Wildman–Crippen MR) is 44.8 cm³/mol. The highest BCUT2D eigenvalue weighted by atomic mass is 16.5. The van der Waals surface area contributed by atoms with Gasteiger partial charge in [0.25, 0.3) is 0 Å². The fourth-order valence-corrected chi connectivity index (χ4v) is 3.61. The van der Waals surface area contributed by atoms with Gasteiger partial charge in [0.1, 0.15) is 0 Å². The molecule has 0 bridgehead atoms. The lowest BCUT2D eigenvalue weighted by molar-refractivity contribution is -0.196. The Hall–Kier alpha value is -0.0800. The molecule has 2 aliphatic carbocycles. The number of hydrogen-bond acceptors (Lipinski definition) is 2. The van der Waals surface area contributed by atoms with E-state index in [0.717, 1.165) is 13.0 Å². The van der Waals surface area contributed by atoms with Crippen molar-refractivity contribution in [1.82, 2.24) is 0 Å². The Morgan fingerprint density at radius 3 is 2.75 bits per heavy atom. The first-order valence-electron chi connectivity index (χ1n) is 5.14. The SMILES string of the molecule is O[C@@H]1[C@@H]2CCO[C@@H]2C12CCCC2. The Morgan fingerprint density at radius 1 is 1.25 bits per heavy atom. The molecule has 0 unspecified atom stereocenters. The monoisotopic (exact) mass is 168 g/mol. The lowest BCUT2D eigenvalue weighted by Gasteiger charge is -2.53. The summed E-state index contributed by atoms with van der Waals surface area (Å²) >= 11 is 0. The van der Waals surface area contributed by atoms with Crippen molar-refractivity contribution in [1.29, 1.82) is 0 Å². The average Bonchev–Trinajstić information content (AvgIpc) is 2.72. The van der Waals surface area contributed by atoms with Crippen molar-refractivity contribution >= 4 is 0 Å². The summed E-state index contributed by atoms with van der Waals surface area (Å²) in [7, 11) is 0. The Balaban J connectivity index is 1.87. The van der Waals surface area contributed by atoms with Gasteiger partial charge in [-0.3, -0.25) is 0 Å². The maximum absolute atomic E-state index is 9.99. The molecule has 1 heterocycles. The molecule has 0 aromatic carbocycles. The van der Waals surface area contributed by atoms with Crippen LogP contribution >= 0.6 is 0 Å². The third-order valence-electron chi connectivity index (χ3n) is 4.23. The minimum Gasteiger partial charge on any atom is -0.392 e. The van der Waals surface area contributed by atoms with Crippen LogP contribution in [0.15, 0.2) is 0 Å². The van der Waals surface area contributed by atoms with Crippen LogP contribution in [-0.4, -0.2) is 23.9 Å². The molecule has 2 nitrogen and oxygen atoms in total. The molecule has 1 spiro atoms. The van der Waals surface area contributed by atoms with E-state index < -0.39 is 0 Å². The maximum Gasteiger partial charge on any atom is 0.0709 e. The molecule has 2 heteroatoms.